The molecule has 5 heteroatoms. The van der Waals surface area contributed by atoms with Gasteiger partial charge in [-0.05, 0) is 31.0 Å². The average molecular weight is 356 g/mol. The molecule has 1 aromatic heterocycles. The summed E-state index contributed by atoms with van der Waals surface area (Å²) in [5.41, 5.74) is 1.20. The lowest BCUT2D eigenvalue weighted by molar-refractivity contribution is -0.121. The summed E-state index contributed by atoms with van der Waals surface area (Å²) in [5, 5.41) is 2.91. The molecule has 2 heterocycles. The van der Waals surface area contributed by atoms with Crippen LogP contribution < -0.4 is 10.1 Å². The maximum Gasteiger partial charge on any atom is 0.221 e. The number of nitrogens with one attached hydrogen (secondary N) is 1. The number of rotatable bonds is 8. The molecule has 1 aliphatic heterocycles. The Kier molecular flexibility index (Phi) is 6.72. The Morgan fingerprint density at radius 1 is 1.27 bits per heavy atom. The Labute approximate surface area is 155 Å². The van der Waals surface area contributed by atoms with Gasteiger partial charge in [0, 0.05) is 31.6 Å². The van der Waals surface area contributed by atoms with Crippen LogP contribution in [0.15, 0.2) is 47.1 Å². The van der Waals surface area contributed by atoms with Gasteiger partial charge in [-0.3, -0.25) is 9.69 Å². The van der Waals surface area contributed by atoms with Crippen LogP contribution >= 0.6 is 0 Å². The van der Waals surface area contributed by atoms with Crippen molar-refractivity contribution >= 4 is 5.91 Å². The van der Waals surface area contributed by atoms with Crippen LogP contribution in [0.1, 0.15) is 43.9 Å². The van der Waals surface area contributed by atoms with Crippen LogP contribution in [0.25, 0.3) is 0 Å². The number of unbranched alkanes of at least 4 members (excludes halogenated alkanes) is 1. The predicted octanol–water partition coefficient (Wildman–Crippen LogP) is 3.74. The largest absolute Gasteiger partial charge is 0.489 e. The number of hydrogen-bond donors (Lipinski definition) is 1. The van der Waals surface area contributed by atoms with E-state index in [1.54, 1.807) is 6.26 Å². The van der Waals surface area contributed by atoms with E-state index >= 15 is 0 Å². The molecule has 1 atom stereocenters. The maximum atomic E-state index is 12.2. The Morgan fingerprint density at radius 3 is 2.96 bits per heavy atom. The van der Waals surface area contributed by atoms with Crippen molar-refractivity contribution < 1.29 is 13.9 Å². The highest BCUT2D eigenvalue weighted by Gasteiger charge is 2.22. The SMILES string of the molecule is CCCCC1CN(CCC(=O)NCc2ccco2)Cc2ccccc2O1. The van der Waals surface area contributed by atoms with E-state index in [1.807, 2.05) is 30.3 Å². The summed E-state index contributed by atoms with van der Waals surface area (Å²) in [6, 6.07) is 11.9. The minimum absolute atomic E-state index is 0.0463. The van der Waals surface area contributed by atoms with E-state index in [2.05, 4.69) is 23.2 Å². The highest BCUT2D eigenvalue weighted by Crippen LogP contribution is 2.26. The summed E-state index contributed by atoms with van der Waals surface area (Å²) in [5.74, 6) is 1.80. The van der Waals surface area contributed by atoms with Gasteiger partial charge in [-0.15, -0.1) is 0 Å². The summed E-state index contributed by atoms with van der Waals surface area (Å²) >= 11 is 0. The fourth-order valence-corrected chi connectivity index (χ4v) is 3.26. The highest BCUT2D eigenvalue weighted by molar-refractivity contribution is 5.75. The summed E-state index contributed by atoms with van der Waals surface area (Å²) < 4.78 is 11.5. The van der Waals surface area contributed by atoms with E-state index in [-0.39, 0.29) is 12.0 Å². The molecule has 0 fully saturated rings. The first-order valence-electron chi connectivity index (χ1n) is 9.50. The fraction of sp³-hybridized carbons (Fsp3) is 0.476. The molecular formula is C21H28N2O3. The van der Waals surface area contributed by atoms with E-state index in [1.165, 1.54) is 5.56 Å². The van der Waals surface area contributed by atoms with Gasteiger partial charge in [0.15, 0.2) is 0 Å². The van der Waals surface area contributed by atoms with Crippen LogP contribution in [0.3, 0.4) is 0 Å². The molecule has 5 nitrogen and oxygen atoms in total. The molecule has 26 heavy (non-hydrogen) atoms. The quantitative estimate of drug-likeness (QED) is 0.783. The normalized spacial score (nSPS) is 17.2. The molecule has 1 amide bonds. The van der Waals surface area contributed by atoms with E-state index in [4.69, 9.17) is 9.15 Å². The van der Waals surface area contributed by atoms with Gasteiger partial charge in [-0.1, -0.05) is 31.5 Å². The first kappa shape index (κ1) is 18.5. The van der Waals surface area contributed by atoms with Crippen LogP contribution in [0.2, 0.25) is 0 Å². The molecule has 0 saturated carbocycles. The number of carbonyl (C=O) groups excluding carboxylic acids is 1. The molecule has 1 aromatic carbocycles. The Morgan fingerprint density at radius 2 is 2.15 bits per heavy atom. The second-order valence-electron chi connectivity index (χ2n) is 6.83. The average Bonchev–Trinajstić information content (AvgIpc) is 3.10. The molecule has 0 bridgehead atoms. The van der Waals surface area contributed by atoms with Crippen LogP contribution in [-0.2, 0) is 17.9 Å². The number of amides is 1. The van der Waals surface area contributed by atoms with E-state index in [9.17, 15) is 4.79 Å². The number of fused-ring (bicyclic) bond motifs is 1. The molecule has 140 valence electrons. The highest BCUT2D eigenvalue weighted by atomic mass is 16.5. The van der Waals surface area contributed by atoms with Crippen molar-refractivity contribution in [1.29, 1.82) is 0 Å². The molecule has 1 aliphatic rings. The number of hydrogen-bond acceptors (Lipinski definition) is 4. The fourth-order valence-electron chi connectivity index (χ4n) is 3.26. The lowest BCUT2D eigenvalue weighted by atomic mass is 10.1. The van der Waals surface area contributed by atoms with E-state index in [0.717, 1.165) is 50.4 Å². The van der Waals surface area contributed by atoms with Gasteiger partial charge in [-0.2, -0.15) is 0 Å². The van der Waals surface area contributed by atoms with Crippen molar-refractivity contribution in [3.8, 4) is 5.75 Å². The van der Waals surface area contributed by atoms with Gasteiger partial charge in [0.1, 0.15) is 17.6 Å². The smallest absolute Gasteiger partial charge is 0.221 e. The summed E-state index contributed by atoms with van der Waals surface area (Å²) in [6.45, 7) is 5.05. The third kappa shape index (κ3) is 5.36. The molecule has 0 saturated heterocycles. The summed E-state index contributed by atoms with van der Waals surface area (Å²) in [7, 11) is 0. The monoisotopic (exact) mass is 356 g/mol. The first-order valence-corrected chi connectivity index (χ1v) is 9.50. The second-order valence-corrected chi connectivity index (χ2v) is 6.83. The van der Waals surface area contributed by atoms with Crippen LogP contribution in [0.5, 0.6) is 5.75 Å². The van der Waals surface area contributed by atoms with Gasteiger partial charge >= 0.3 is 0 Å². The van der Waals surface area contributed by atoms with Crippen LogP contribution in [-0.4, -0.2) is 30.0 Å². The van der Waals surface area contributed by atoms with Gasteiger partial charge in [-0.25, -0.2) is 0 Å². The van der Waals surface area contributed by atoms with Gasteiger partial charge < -0.3 is 14.5 Å². The maximum absolute atomic E-state index is 12.2. The predicted molar refractivity (Wildman–Crippen MR) is 101 cm³/mol. The standard InChI is InChI=1S/C21H28N2O3/c1-2-3-8-19-16-23(15-17-7-4-5-10-20(17)26-19)12-11-21(24)22-14-18-9-6-13-25-18/h4-7,9-10,13,19H,2-3,8,11-12,14-16H2,1H3,(H,22,24). The Bertz CT molecular complexity index is 684. The third-order valence-corrected chi connectivity index (χ3v) is 4.70. The Hall–Kier alpha value is -2.27. The molecule has 2 aromatic rings. The van der Waals surface area contributed by atoms with Crippen molar-refractivity contribution in [2.24, 2.45) is 0 Å². The number of para-hydroxylation sites is 1. The molecule has 0 spiro atoms. The molecule has 1 N–H and O–H groups in total. The zero-order valence-electron chi connectivity index (χ0n) is 15.4. The second kappa shape index (κ2) is 9.43. The number of ether oxygens (including phenoxy) is 1. The zero-order valence-corrected chi connectivity index (χ0v) is 15.4. The first-order chi connectivity index (χ1) is 12.7. The zero-order chi connectivity index (χ0) is 18.2. The van der Waals surface area contributed by atoms with Gasteiger partial charge in [0.2, 0.25) is 5.91 Å². The number of carbonyl (C=O) groups is 1. The van der Waals surface area contributed by atoms with Crippen molar-refractivity contribution in [3.05, 3.63) is 54.0 Å². The third-order valence-electron chi connectivity index (χ3n) is 4.70. The number of benzene rings is 1. The van der Waals surface area contributed by atoms with Crippen molar-refractivity contribution in [2.75, 3.05) is 13.1 Å². The molecular weight excluding hydrogens is 328 g/mol. The van der Waals surface area contributed by atoms with Gasteiger partial charge in [0.25, 0.3) is 0 Å². The minimum Gasteiger partial charge on any atom is -0.489 e. The van der Waals surface area contributed by atoms with Crippen molar-refractivity contribution in [1.82, 2.24) is 10.2 Å². The van der Waals surface area contributed by atoms with E-state index < -0.39 is 0 Å². The van der Waals surface area contributed by atoms with E-state index in [0.29, 0.717) is 13.0 Å². The lowest BCUT2D eigenvalue weighted by Crippen LogP contribution is -2.35. The van der Waals surface area contributed by atoms with Gasteiger partial charge in [0.05, 0.1) is 12.8 Å². The molecule has 3 rings (SSSR count). The van der Waals surface area contributed by atoms with Crippen LogP contribution in [0, 0.1) is 0 Å². The summed E-state index contributed by atoms with van der Waals surface area (Å²) in [6.07, 6.45) is 5.65. The molecule has 0 radical (unpaired) electrons. The number of nitrogens with zero attached hydrogens (tertiary/aromatic N) is 1. The number of furan rings is 1. The lowest BCUT2D eigenvalue weighted by Gasteiger charge is -2.23. The molecule has 1 unspecified atom stereocenters. The topological polar surface area (TPSA) is 54.7 Å². The van der Waals surface area contributed by atoms with Crippen molar-refractivity contribution in [3.63, 3.8) is 0 Å². The minimum atomic E-state index is 0.0463. The molecule has 0 aliphatic carbocycles. The van der Waals surface area contributed by atoms with Crippen LogP contribution in [0.4, 0.5) is 0 Å². The Balaban J connectivity index is 1.54. The summed E-state index contributed by atoms with van der Waals surface area (Å²) in [4.78, 5) is 14.5. The van der Waals surface area contributed by atoms with Crippen molar-refractivity contribution in [2.45, 2.75) is 51.8 Å².